The lowest BCUT2D eigenvalue weighted by molar-refractivity contribution is -0.338. The van der Waals surface area contributed by atoms with Gasteiger partial charge in [-0.15, -0.1) is 0 Å². The lowest BCUT2D eigenvalue weighted by Crippen LogP contribution is -2.56. The number of alkyl halides is 14. The molecule has 8 aliphatic rings. The Labute approximate surface area is 856 Å². The minimum Gasteiger partial charge on any atom is -0.544 e. The van der Waals surface area contributed by atoms with E-state index in [1.54, 1.807) is 22.6 Å². The van der Waals surface area contributed by atoms with Crippen LogP contribution < -0.4 is 40.5 Å². The van der Waals surface area contributed by atoms with E-state index in [9.17, 15) is 184 Å². The molecule has 3 N–H and O–H groups in total. The molecule has 15 rings (SSSR count). The number of phenols is 3. The van der Waals surface area contributed by atoms with Gasteiger partial charge < -0.3 is 127 Å². The van der Waals surface area contributed by atoms with Gasteiger partial charge in [0.2, 0.25) is 6.10 Å². The molecule has 0 spiro atoms. The fraction of sp³-hybridized carbons (Fsp3) is 0.433. The molecule has 0 radical (unpaired) electrons. The Morgan fingerprint density at radius 1 is 0.324 bits per heavy atom. The summed E-state index contributed by atoms with van der Waals surface area (Å²) in [5.74, 6) is -56.2. The van der Waals surface area contributed by atoms with E-state index in [4.69, 9.17) is 23.7 Å². The Bertz CT molecular complexity index is 5680. The van der Waals surface area contributed by atoms with Gasteiger partial charge in [-0.25, -0.2) is 4.39 Å². The smallest absolute Gasteiger partial charge is 0.330 e. The van der Waals surface area contributed by atoms with Crippen LogP contribution in [0.25, 0.3) is 0 Å². The fourth-order valence-corrected chi connectivity index (χ4v) is 18.4. The zero-order valence-electron chi connectivity index (χ0n) is 78.2. The predicted molar refractivity (Wildman–Crippen MR) is 470 cm³/mol. The molecule has 9 atom stereocenters. The highest BCUT2D eigenvalue weighted by Gasteiger charge is 2.62. The number of benzene rings is 6. The van der Waals surface area contributed by atoms with Crippen molar-refractivity contribution in [3.05, 3.63) is 210 Å². The van der Waals surface area contributed by atoms with Gasteiger partial charge in [0.1, 0.15) is 82.0 Å². The normalized spacial score (nSPS) is 20.3. The van der Waals surface area contributed by atoms with Crippen LogP contribution in [0.1, 0.15) is 208 Å². The molecule has 148 heavy (non-hydrogen) atoms. The summed E-state index contributed by atoms with van der Waals surface area (Å²) in [6, 6.07) is 29.8. The van der Waals surface area contributed by atoms with Gasteiger partial charge in [-0.1, -0.05) is 72.8 Å². The minimum absolute atomic E-state index is 0.111. The van der Waals surface area contributed by atoms with Gasteiger partial charge in [-0.2, -0.15) is 61.5 Å². The molecule has 8 aliphatic carbocycles. The second kappa shape index (κ2) is 49.1. The van der Waals surface area contributed by atoms with Crippen LogP contribution in [0, 0.1) is 59.5 Å². The first-order chi connectivity index (χ1) is 68.2. The van der Waals surface area contributed by atoms with Crippen molar-refractivity contribution in [3.63, 3.8) is 0 Å². The Morgan fingerprint density at radius 3 is 0.791 bits per heavy atom. The van der Waals surface area contributed by atoms with Crippen molar-refractivity contribution < 1.29 is 231 Å². The lowest BCUT2D eigenvalue weighted by Gasteiger charge is -2.55. The van der Waals surface area contributed by atoms with E-state index in [2.05, 4.69) is 23.7 Å². The van der Waals surface area contributed by atoms with Crippen LogP contribution >= 0.6 is 45.2 Å². The predicted octanol–water partition coefficient (Wildman–Crippen LogP) is 9.54. The van der Waals surface area contributed by atoms with Gasteiger partial charge >= 0.3 is 83.2 Å². The maximum absolute atomic E-state index is 14.3. The maximum Gasteiger partial charge on any atom is 0.330 e. The van der Waals surface area contributed by atoms with Gasteiger partial charge in [0.25, 0.3) is 0 Å². The van der Waals surface area contributed by atoms with Crippen LogP contribution in [-0.4, -0.2) is 152 Å². The number of carbonyl (C=O) groups excluding carboxylic acids is 15. The zero-order valence-corrected chi connectivity index (χ0v) is 82.5. The molecule has 8 fully saturated rings. The summed E-state index contributed by atoms with van der Waals surface area (Å²) in [7, 11) is 0. The highest BCUT2D eigenvalue weighted by atomic mass is 127. The number of hydrogen-bond acceptors (Lipinski definition) is 34. The largest absolute Gasteiger partial charge is 0.544 e. The van der Waals surface area contributed by atoms with E-state index in [1.807, 2.05) is 43.4 Å². The number of aromatic hydroxyl groups is 3. The first kappa shape index (κ1) is 121. The molecule has 0 saturated heterocycles. The number of aliphatic carboxylic acids is 7. The van der Waals surface area contributed by atoms with Crippen LogP contribution in [-0.2, 0) is 105 Å². The number of carboxylic acids is 7. The Morgan fingerprint density at radius 2 is 0.547 bits per heavy atom. The quantitative estimate of drug-likeness (QED) is 0.0157. The molecule has 8 saturated carbocycles. The second-order valence-electron chi connectivity index (χ2n) is 35.9. The van der Waals surface area contributed by atoms with E-state index in [0.717, 1.165) is 161 Å². The monoisotopic (exact) mass is 2340 g/mol. The summed E-state index contributed by atoms with van der Waals surface area (Å²) in [6.45, 7) is 9.87. The van der Waals surface area contributed by atoms with E-state index in [1.165, 1.54) is 54.6 Å². The molecule has 8 bridgehead atoms. The number of rotatable bonds is 31. The maximum atomic E-state index is 14.3. The number of esters is 7. The number of ketones is 1. The standard InChI is InChI=1S/C20H20F2O6.C20H22F2O5.C15H18F2O5.C11H9F3O4.C11H9F2IO4.C11H10F2O5.C9H7F2IO5/c21-20(22,17(25)26)16(11-1-3-14(23)4-2-11)28-18(27)19-7-10-5-12(8-19)15(24)13(6-10)9-19;21-20(22,17(24)25)16(14-1-3-15(23)4-2-14)27-18(26)19-8-11-5-12(9-19)7-13(6-11)10-19;1-9(18)21-12(15(16,17)13(19)20)10-5-7-11(8-6-10)22-14(2,3)4;1-6(15)18-9(11(13,14)10(16)17)7-2-4-8(12)5-3-7;1-6(15)18-9(11(12,13)10(16)17)7-2-4-8(14)5-3-7;1-6(14)18-9(11(12,13)10(16)17)7-2-4-8(15)5-3-7;1-4(13)16-7(9(10,11)8(14)15)5-2-3-6(12)17-5/h1-4,10,12-13,16,23H,5-9H2,(H,25,26);1-4,11-13,16,23H,5-10H2,(H,24,25);5-8,12H,1-4H3,(H,19,20);2*2-5,9H,1H3,(H,16,17);2-5,9,15H,1H3,(H,16,17);2-3,7H,1H3,(H,14,15)/p-7. The molecule has 1 heterocycles. The highest BCUT2D eigenvalue weighted by Crippen LogP contribution is 2.62. The Hall–Kier alpha value is -13.5. The van der Waals surface area contributed by atoms with Crippen molar-refractivity contribution in [2.24, 2.45) is 46.3 Å². The van der Waals surface area contributed by atoms with Crippen molar-refractivity contribution in [1.82, 2.24) is 0 Å². The van der Waals surface area contributed by atoms with E-state index in [-0.39, 0.29) is 90.8 Å². The first-order valence-corrected chi connectivity index (χ1v) is 45.8. The Kier molecular flexibility index (Phi) is 40.2. The molecule has 806 valence electrons. The number of Topliss-reactive ketones (excluding diaryl/α,β-unsaturated/α-hetero) is 1. The average Bonchev–Trinajstić information content (AvgIpc) is 0.765. The molecule has 0 aliphatic heterocycles. The van der Waals surface area contributed by atoms with Crippen molar-refractivity contribution in [3.8, 4) is 23.0 Å². The van der Waals surface area contributed by atoms with Crippen molar-refractivity contribution in [1.29, 1.82) is 0 Å². The summed E-state index contributed by atoms with van der Waals surface area (Å²) in [4.78, 5) is 166. The molecule has 7 aromatic rings. The highest BCUT2D eigenvalue weighted by molar-refractivity contribution is 14.1. The molecule has 9 unspecified atom stereocenters. The summed E-state index contributed by atoms with van der Waals surface area (Å²) in [5, 5.41) is 102. The molecule has 0 amide bonds. The van der Waals surface area contributed by atoms with Gasteiger partial charge in [-0.05, 0) is 279 Å². The minimum atomic E-state index is -4.45. The number of halogens is 17. The third-order valence-corrected chi connectivity index (χ3v) is 24.7. The number of carboxylic acid groups (broad SMARTS) is 7. The fourth-order valence-electron chi connectivity index (χ4n) is 17.6. The Balaban J connectivity index is 0.000000236. The summed E-state index contributed by atoms with van der Waals surface area (Å²) >= 11 is 3.65. The van der Waals surface area contributed by atoms with Crippen LogP contribution in [0.2, 0.25) is 0 Å². The average molecular weight is 2340 g/mol. The van der Waals surface area contributed by atoms with Gasteiger partial charge in [0.15, 0.2) is 46.2 Å². The van der Waals surface area contributed by atoms with Crippen LogP contribution in [0.15, 0.2) is 162 Å². The van der Waals surface area contributed by atoms with E-state index < -0.39 is 196 Å². The topological polar surface area (TPSA) is 565 Å². The summed E-state index contributed by atoms with van der Waals surface area (Å²) in [6.07, 6.45) is -8.65. The first-order valence-electron chi connectivity index (χ1n) is 43.6. The molecule has 34 nitrogen and oxygen atoms in total. The third-order valence-electron chi connectivity index (χ3n) is 23.4. The van der Waals surface area contributed by atoms with Crippen LogP contribution in [0.3, 0.4) is 0 Å². The van der Waals surface area contributed by atoms with Gasteiger partial charge in [0, 0.05) is 50.0 Å². The molecular formula is C97H88F15I2O34-7. The molecule has 6 aromatic carbocycles. The van der Waals surface area contributed by atoms with E-state index in [0.29, 0.717) is 62.0 Å². The van der Waals surface area contributed by atoms with Gasteiger partial charge in [0.05, 0.1) is 10.8 Å². The van der Waals surface area contributed by atoms with Crippen molar-refractivity contribution in [2.45, 2.75) is 216 Å². The summed E-state index contributed by atoms with van der Waals surface area (Å²) < 4.78 is 247. The zero-order chi connectivity index (χ0) is 112. The number of carbonyl (C=O) groups is 15. The summed E-state index contributed by atoms with van der Waals surface area (Å²) in [5.41, 5.74) is -3.65. The number of ether oxygens (including phenoxy) is 8. The number of phenolic OH excluding ortho intramolecular Hbond substituents is 3. The van der Waals surface area contributed by atoms with E-state index >= 15 is 0 Å². The number of hydrogen-bond donors (Lipinski definition) is 3. The SMILES string of the molecule is CC(=O)OC(c1ccc(F)cc1)C(F)(F)C(=O)[O-].CC(=O)OC(c1ccc(I)cc1)C(F)(F)C(=O)[O-].CC(=O)OC(c1ccc(I)o1)C(F)(F)C(=O)[O-].CC(=O)OC(c1ccc(O)cc1)C(F)(F)C(=O)[O-].CC(=O)OC(c1ccc(OC(C)(C)C)cc1)C(F)(F)C(=O)[O-].O=C(OC(c1ccc(O)cc1)C(F)(F)C(=O)[O-])C12CC3CC(CC(C3)C1)C2.O=C1C2CC3CC1CC(C(=O)OC(c1ccc(O)cc1)C(F)(F)C(=O)[O-])(C3)C2. The van der Waals surface area contributed by atoms with Crippen LogP contribution in [0.5, 0.6) is 23.0 Å². The third kappa shape index (κ3) is 31.3. The van der Waals surface area contributed by atoms with Crippen LogP contribution in [0.4, 0.5) is 65.9 Å². The number of furan rings is 1. The molecule has 51 heteroatoms. The molecule has 1 aromatic heterocycles. The second-order valence-corrected chi connectivity index (χ2v) is 38.2. The molecular weight excluding hydrogens is 2250 g/mol. The van der Waals surface area contributed by atoms with Crippen molar-refractivity contribution in [2.75, 3.05) is 0 Å². The lowest BCUT2D eigenvalue weighted by atomic mass is 9.49. The van der Waals surface area contributed by atoms with Gasteiger partial charge in [-0.3, -0.25) is 38.4 Å². The van der Waals surface area contributed by atoms with Crippen molar-refractivity contribution >= 4 is 135 Å².